The van der Waals surface area contributed by atoms with Crippen molar-refractivity contribution in [3.8, 4) is 0 Å². The molecule has 1 aliphatic rings. The summed E-state index contributed by atoms with van der Waals surface area (Å²) in [5, 5.41) is 7.53. The van der Waals surface area contributed by atoms with Crippen molar-refractivity contribution in [3.63, 3.8) is 0 Å². The third-order valence-electron chi connectivity index (χ3n) is 4.15. The molecule has 0 amide bonds. The van der Waals surface area contributed by atoms with Gasteiger partial charge in [0.05, 0.1) is 5.69 Å². The molecule has 3 rings (SSSR count). The third-order valence-corrected chi connectivity index (χ3v) is 4.52. The van der Waals surface area contributed by atoms with Gasteiger partial charge in [0.1, 0.15) is 5.82 Å². The van der Waals surface area contributed by atoms with E-state index in [1.165, 1.54) is 12.8 Å². The van der Waals surface area contributed by atoms with E-state index in [0.29, 0.717) is 24.5 Å². The molecule has 1 atom stereocenters. The maximum atomic E-state index is 6.22. The molecule has 1 aliphatic carbocycles. The van der Waals surface area contributed by atoms with E-state index in [4.69, 9.17) is 11.6 Å². The van der Waals surface area contributed by atoms with Crippen LogP contribution in [0, 0.1) is 0 Å². The molecule has 1 fully saturated rings. The Morgan fingerprint density at radius 2 is 2.04 bits per heavy atom. The summed E-state index contributed by atoms with van der Waals surface area (Å²) in [6.07, 6.45) is 3.49. The first-order valence-corrected chi connectivity index (χ1v) is 8.66. The smallest absolute Gasteiger partial charge is 0.225 e. The van der Waals surface area contributed by atoms with Crippen molar-refractivity contribution in [2.24, 2.45) is 0 Å². The van der Waals surface area contributed by atoms with Crippen molar-refractivity contribution < 1.29 is 0 Å². The van der Waals surface area contributed by atoms with Crippen molar-refractivity contribution >= 4 is 23.4 Å². The minimum Gasteiger partial charge on any atom is -0.366 e. The van der Waals surface area contributed by atoms with E-state index in [9.17, 15) is 0 Å². The lowest BCUT2D eigenvalue weighted by molar-refractivity contribution is 0.750. The monoisotopic (exact) mass is 330 g/mol. The molecule has 122 valence electrons. The number of nitrogens with one attached hydrogen (secondary N) is 2. The number of benzene rings is 1. The molecule has 2 aromatic rings. The highest BCUT2D eigenvalue weighted by atomic mass is 35.5. The van der Waals surface area contributed by atoms with E-state index < -0.39 is 0 Å². The molecular weight excluding hydrogens is 308 g/mol. The average molecular weight is 331 g/mol. The van der Waals surface area contributed by atoms with Gasteiger partial charge in [-0.25, -0.2) is 4.98 Å². The lowest BCUT2D eigenvalue weighted by Crippen LogP contribution is -2.17. The average Bonchev–Trinajstić information content (AvgIpc) is 3.39. The maximum absolute atomic E-state index is 6.22. The largest absolute Gasteiger partial charge is 0.366 e. The van der Waals surface area contributed by atoms with Gasteiger partial charge in [0.15, 0.2) is 0 Å². The zero-order valence-corrected chi connectivity index (χ0v) is 14.4. The van der Waals surface area contributed by atoms with Gasteiger partial charge in [0.2, 0.25) is 5.95 Å². The Balaban J connectivity index is 1.76. The molecule has 1 heterocycles. The molecule has 2 N–H and O–H groups in total. The normalized spacial score (nSPS) is 15.3. The highest BCUT2D eigenvalue weighted by molar-refractivity contribution is 6.31. The summed E-state index contributed by atoms with van der Waals surface area (Å²) in [6, 6.07) is 10.3. The summed E-state index contributed by atoms with van der Waals surface area (Å²) in [4.78, 5) is 9.27. The third kappa shape index (κ3) is 4.35. The SMILES string of the molecule is CC[C@H](C)Nc1nc(NCc2ccccc2Cl)cc(C2CC2)n1. The maximum Gasteiger partial charge on any atom is 0.225 e. The number of hydrogen-bond donors (Lipinski definition) is 2. The van der Waals surface area contributed by atoms with Crippen molar-refractivity contribution in [1.82, 2.24) is 9.97 Å². The summed E-state index contributed by atoms with van der Waals surface area (Å²) in [7, 11) is 0. The number of hydrogen-bond acceptors (Lipinski definition) is 4. The molecule has 0 unspecified atom stereocenters. The van der Waals surface area contributed by atoms with Gasteiger partial charge in [-0.1, -0.05) is 36.7 Å². The first-order chi connectivity index (χ1) is 11.2. The molecule has 0 aliphatic heterocycles. The van der Waals surface area contributed by atoms with Crippen molar-refractivity contribution in [1.29, 1.82) is 0 Å². The van der Waals surface area contributed by atoms with Gasteiger partial charge >= 0.3 is 0 Å². The van der Waals surface area contributed by atoms with E-state index >= 15 is 0 Å². The molecule has 23 heavy (non-hydrogen) atoms. The van der Waals surface area contributed by atoms with Crippen LogP contribution in [0.25, 0.3) is 0 Å². The number of nitrogens with zero attached hydrogens (tertiary/aromatic N) is 2. The Bertz CT molecular complexity index is 670. The molecule has 0 spiro atoms. The lowest BCUT2D eigenvalue weighted by atomic mass is 10.2. The van der Waals surface area contributed by atoms with Crippen LogP contribution in [-0.4, -0.2) is 16.0 Å². The van der Waals surface area contributed by atoms with E-state index in [1.807, 2.05) is 24.3 Å². The van der Waals surface area contributed by atoms with Crippen LogP contribution < -0.4 is 10.6 Å². The number of rotatable bonds is 7. The molecule has 0 saturated heterocycles. The zero-order valence-electron chi connectivity index (χ0n) is 13.6. The summed E-state index contributed by atoms with van der Waals surface area (Å²) >= 11 is 6.22. The van der Waals surface area contributed by atoms with Crippen LogP contribution in [0.3, 0.4) is 0 Å². The Morgan fingerprint density at radius 1 is 1.26 bits per heavy atom. The topological polar surface area (TPSA) is 49.8 Å². The van der Waals surface area contributed by atoms with Crippen molar-refractivity contribution in [3.05, 3.63) is 46.6 Å². The van der Waals surface area contributed by atoms with E-state index in [-0.39, 0.29) is 0 Å². The number of aromatic nitrogens is 2. The Labute approximate surface area is 142 Å². The summed E-state index contributed by atoms with van der Waals surface area (Å²) < 4.78 is 0. The van der Waals surface area contributed by atoms with Crippen LogP contribution >= 0.6 is 11.6 Å². The lowest BCUT2D eigenvalue weighted by Gasteiger charge is -2.14. The van der Waals surface area contributed by atoms with Crippen molar-refractivity contribution in [2.75, 3.05) is 10.6 Å². The summed E-state index contributed by atoms with van der Waals surface area (Å²) in [6.45, 7) is 4.95. The van der Waals surface area contributed by atoms with E-state index in [1.54, 1.807) is 0 Å². The fourth-order valence-electron chi connectivity index (χ4n) is 2.36. The van der Waals surface area contributed by atoms with Gasteiger partial charge < -0.3 is 10.6 Å². The van der Waals surface area contributed by atoms with Crippen molar-refractivity contribution in [2.45, 2.75) is 51.6 Å². The number of halogens is 1. The summed E-state index contributed by atoms with van der Waals surface area (Å²) in [5.74, 6) is 2.16. The number of anilines is 2. The quantitative estimate of drug-likeness (QED) is 0.763. The van der Waals surface area contributed by atoms with Gasteiger partial charge in [-0.15, -0.1) is 0 Å². The van der Waals surface area contributed by atoms with Crippen LogP contribution in [0.5, 0.6) is 0 Å². The predicted octanol–water partition coefficient (Wildman–Crippen LogP) is 4.83. The Morgan fingerprint density at radius 3 is 2.74 bits per heavy atom. The molecule has 1 aromatic carbocycles. The molecule has 1 saturated carbocycles. The minimum atomic E-state index is 0.362. The second kappa shape index (κ2) is 7.18. The Kier molecular flexibility index (Phi) is 5.01. The van der Waals surface area contributed by atoms with Gasteiger partial charge in [-0.2, -0.15) is 4.98 Å². The highest BCUT2D eigenvalue weighted by Crippen LogP contribution is 2.40. The van der Waals surface area contributed by atoms with Crippen LogP contribution in [0.1, 0.15) is 50.3 Å². The molecule has 1 aromatic heterocycles. The van der Waals surface area contributed by atoms with Gasteiger partial charge in [0, 0.05) is 29.6 Å². The van der Waals surface area contributed by atoms with Gasteiger partial charge in [-0.3, -0.25) is 0 Å². The fourth-order valence-corrected chi connectivity index (χ4v) is 2.56. The standard InChI is InChI=1S/C18H23ClN4/c1-3-12(2)21-18-22-16(13-8-9-13)10-17(23-18)20-11-14-6-4-5-7-15(14)19/h4-7,10,12-13H,3,8-9,11H2,1-2H3,(H2,20,21,22,23)/t12-/m0/s1. The zero-order chi connectivity index (χ0) is 16.2. The second-order valence-electron chi connectivity index (χ2n) is 6.17. The summed E-state index contributed by atoms with van der Waals surface area (Å²) in [5.41, 5.74) is 2.20. The fraction of sp³-hybridized carbons (Fsp3) is 0.444. The molecule has 4 nitrogen and oxygen atoms in total. The van der Waals surface area contributed by atoms with E-state index in [0.717, 1.165) is 28.5 Å². The highest BCUT2D eigenvalue weighted by Gasteiger charge is 2.26. The predicted molar refractivity (Wildman–Crippen MR) is 96.2 cm³/mol. The molecule has 0 bridgehead atoms. The molecule has 5 heteroatoms. The van der Waals surface area contributed by atoms with Gasteiger partial charge in [-0.05, 0) is 37.8 Å². The molecule has 0 radical (unpaired) electrons. The molecular formula is C18H23ClN4. The second-order valence-corrected chi connectivity index (χ2v) is 6.58. The van der Waals surface area contributed by atoms with E-state index in [2.05, 4.69) is 40.5 Å². The van der Waals surface area contributed by atoms with Gasteiger partial charge in [0.25, 0.3) is 0 Å². The van der Waals surface area contributed by atoms with Crippen LogP contribution in [0.4, 0.5) is 11.8 Å². The van der Waals surface area contributed by atoms with Crippen LogP contribution in [-0.2, 0) is 6.54 Å². The van der Waals surface area contributed by atoms with Crippen LogP contribution in [0.2, 0.25) is 5.02 Å². The first-order valence-electron chi connectivity index (χ1n) is 8.28. The first kappa shape index (κ1) is 16.1. The van der Waals surface area contributed by atoms with Crippen LogP contribution in [0.15, 0.2) is 30.3 Å². The Hall–Kier alpha value is -1.81. The minimum absolute atomic E-state index is 0.362.